The second-order valence-electron chi connectivity index (χ2n) is 8.36. The number of unbranched alkanes of at least 4 members (excludes halogenated alkanes) is 1. The van der Waals surface area contributed by atoms with Gasteiger partial charge in [0, 0.05) is 19.5 Å². The molecular weight excluding hydrogens is 446 g/mol. The molecule has 0 fully saturated rings. The van der Waals surface area contributed by atoms with E-state index in [1.165, 1.54) is 9.87 Å². The van der Waals surface area contributed by atoms with E-state index in [1.807, 2.05) is 72.8 Å². The van der Waals surface area contributed by atoms with Gasteiger partial charge < -0.3 is 0 Å². The number of aryl methyl sites for hydroxylation is 1. The normalized spacial score (nSPS) is 11.7. The van der Waals surface area contributed by atoms with E-state index >= 15 is 0 Å². The molecule has 4 aromatic rings. The quantitative estimate of drug-likeness (QED) is 0.291. The smallest absolute Gasteiger partial charge is 0.243 e. The summed E-state index contributed by atoms with van der Waals surface area (Å²) in [6.45, 7) is 2.62. The summed E-state index contributed by atoms with van der Waals surface area (Å²) >= 11 is 0. The zero-order chi connectivity index (χ0) is 23.8. The molecule has 6 nitrogen and oxygen atoms in total. The van der Waals surface area contributed by atoms with E-state index in [4.69, 9.17) is 4.63 Å². The van der Waals surface area contributed by atoms with Gasteiger partial charge in [0.25, 0.3) is 10.0 Å². The van der Waals surface area contributed by atoms with Gasteiger partial charge in [-0.05, 0) is 40.3 Å². The predicted molar refractivity (Wildman–Crippen MR) is 131 cm³/mol. The summed E-state index contributed by atoms with van der Waals surface area (Å²) in [5.41, 5.74) is 4.31. The van der Waals surface area contributed by atoms with Crippen molar-refractivity contribution in [3.63, 3.8) is 0 Å². The number of hydrogen-bond donors (Lipinski definition) is 0. The molecule has 0 saturated heterocycles. The maximum atomic E-state index is 13.8. The van der Waals surface area contributed by atoms with Crippen LogP contribution in [0.2, 0.25) is 0 Å². The van der Waals surface area contributed by atoms with Crippen molar-refractivity contribution >= 4 is 10.0 Å². The maximum absolute atomic E-state index is 13.8. The highest BCUT2D eigenvalue weighted by molar-refractivity contribution is 7.89. The lowest BCUT2D eigenvalue weighted by atomic mass is 10.1. The first-order valence-electron chi connectivity index (χ1n) is 11.5. The Morgan fingerprint density at radius 1 is 0.735 bits per heavy atom. The number of aromatic nitrogens is 2. The summed E-state index contributed by atoms with van der Waals surface area (Å²) in [6.07, 6.45) is 3.62. The molecule has 7 heteroatoms. The Morgan fingerprint density at radius 2 is 1.29 bits per heavy atom. The van der Waals surface area contributed by atoms with Crippen molar-refractivity contribution in [1.82, 2.24) is 14.6 Å². The molecule has 0 aliphatic heterocycles. The SMILES string of the molecule is CCCCc1ccc(CN(Cc2ccccc2)S(=O)(=O)c2nonc2Cc2ccccc2)cc1. The molecule has 0 aliphatic carbocycles. The Morgan fingerprint density at radius 3 is 1.91 bits per heavy atom. The number of benzene rings is 3. The first-order chi connectivity index (χ1) is 16.6. The van der Waals surface area contributed by atoms with Crippen molar-refractivity contribution in [3.8, 4) is 0 Å². The monoisotopic (exact) mass is 475 g/mol. The molecule has 4 rings (SSSR count). The summed E-state index contributed by atoms with van der Waals surface area (Å²) in [5.74, 6) is 0. The van der Waals surface area contributed by atoms with Crippen molar-refractivity contribution in [3.05, 3.63) is 113 Å². The van der Waals surface area contributed by atoms with Gasteiger partial charge in [0.1, 0.15) is 5.69 Å². The van der Waals surface area contributed by atoms with E-state index in [9.17, 15) is 8.42 Å². The molecule has 34 heavy (non-hydrogen) atoms. The highest BCUT2D eigenvalue weighted by Gasteiger charge is 2.32. The van der Waals surface area contributed by atoms with Crippen LogP contribution >= 0.6 is 0 Å². The fraction of sp³-hybridized carbons (Fsp3) is 0.259. The van der Waals surface area contributed by atoms with E-state index in [0.717, 1.165) is 36.0 Å². The summed E-state index contributed by atoms with van der Waals surface area (Å²) in [7, 11) is -3.96. The minimum Gasteiger partial charge on any atom is -0.243 e. The summed E-state index contributed by atoms with van der Waals surface area (Å²) < 4.78 is 33.9. The molecule has 0 unspecified atom stereocenters. The van der Waals surface area contributed by atoms with Crippen LogP contribution in [0.25, 0.3) is 0 Å². The number of rotatable bonds is 11. The lowest BCUT2D eigenvalue weighted by molar-refractivity contribution is 0.293. The summed E-state index contributed by atoms with van der Waals surface area (Å²) in [5, 5.41) is 7.61. The van der Waals surface area contributed by atoms with E-state index in [2.05, 4.69) is 29.4 Å². The number of sulfonamides is 1. The van der Waals surface area contributed by atoms with Gasteiger partial charge in [-0.15, -0.1) is 0 Å². The number of nitrogens with zero attached hydrogens (tertiary/aromatic N) is 3. The van der Waals surface area contributed by atoms with E-state index in [-0.39, 0.29) is 18.1 Å². The molecule has 3 aromatic carbocycles. The zero-order valence-corrected chi connectivity index (χ0v) is 20.1. The van der Waals surface area contributed by atoms with E-state index in [1.54, 1.807) is 0 Å². The lowest BCUT2D eigenvalue weighted by Crippen LogP contribution is -2.31. The van der Waals surface area contributed by atoms with Crippen LogP contribution in [0, 0.1) is 0 Å². The minimum absolute atomic E-state index is 0.133. The van der Waals surface area contributed by atoms with Crippen LogP contribution in [-0.2, 0) is 36.0 Å². The van der Waals surface area contributed by atoms with Gasteiger partial charge in [-0.25, -0.2) is 13.0 Å². The summed E-state index contributed by atoms with van der Waals surface area (Å²) in [4.78, 5) is 0. The van der Waals surface area contributed by atoms with Crippen LogP contribution in [-0.4, -0.2) is 23.0 Å². The van der Waals surface area contributed by atoms with Crippen LogP contribution in [0.15, 0.2) is 94.6 Å². The predicted octanol–water partition coefficient (Wildman–Crippen LogP) is 5.39. The van der Waals surface area contributed by atoms with Crippen molar-refractivity contribution < 1.29 is 13.0 Å². The highest BCUT2D eigenvalue weighted by atomic mass is 32.2. The van der Waals surface area contributed by atoms with Gasteiger partial charge in [0.05, 0.1) is 0 Å². The molecule has 176 valence electrons. The molecule has 1 heterocycles. The molecule has 0 aliphatic rings. The molecule has 0 amide bonds. The van der Waals surface area contributed by atoms with Gasteiger partial charge in [-0.2, -0.15) is 4.31 Å². The lowest BCUT2D eigenvalue weighted by Gasteiger charge is -2.21. The fourth-order valence-corrected chi connectivity index (χ4v) is 5.24. The average Bonchev–Trinajstić information content (AvgIpc) is 3.33. The van der Waals surface area contributed by atoms with Gasteiger partial charge in [-0.1, -0.05) is 103 Å². The van der Waals surface area contributed by atoms with Gasteiger partial charge >= 0.3 is 0 Å². The van der Waals surface area contributed by atoms with Crippen molar-refractivity contribution in [2.24, 2.45) is 0 Å². The van der Waals surface area contributed by atoms with Crippen molar-refractivity contribution in [2.45, 2.75) is 50.7 Å². The Kier molecular flexibility index (Phi) is 7.87. The Balaban J connectivity index is 1.62. The van der Waals surface area contributed by atoms with E-state index in [0.29, 0.717) is 12.1 Å². The van der Waals surface area contributed by atoms with Crippen LogP contribution in [0.1, 0.15) is 47.7 Å². The van der Waals surface area contributed by atoms with Crippen LogP contribution in [0.4, 0.5) is 0 Å². The van der Waals surface area contributed by atoms with Gasteiger partial charge in [-0.3, -0.25) is 0 Å². The average molecular weight is 476 g/mol. The molecule has 0 atom stereocenters. The third kappa shape index (κ3) is 5.98. The summed E-state index contributed by atoms with van der Waals surface area (Å²) in [6, 6.07) is 27.3. The Hall–Kier alpha value is -3.29. The zero-order valence-electron chi connectivity index (χ0n) is 19.3. The third-order valence-electron chi connectivity index (χ3n) is 5.72. The fourth-order valence-electron chi connectivity index (χ4n) is 3.82. The first-order valence-corrected chi connectivity index (χ1v) is 13.0. The molecule has 1 aromatic heterocycles. The second-order valence-corrected chi connectivity index (χ2v) is 10.2. The first kappa shape index (κ1) is 23.9. The maximum Gasteiger partial charge on any atom is 0.266 e. The topological polar surface area (TPSA) is 76.3 Å². The van der Waals surface area contributed by atoms with Gasteiger partial charge in [0.15, 0.2) is 0 Å². The largest absolute Gasteiger partial charge is 0.266 e. The third-order valence-corrected chi connectivity index (χ3v) is 7.46. The molecule has 0 saturated carbocycles. The molecule has 0 bridgehead atoms. The molecule has 0 N–H and O–H groups in total. The van der Waals surface area contributed by atoms with Crippen LogP contribution in [0.5, 0.6) is 0 Å². The van der Waals surface area contributed by atoms with Crippen molar-refractivity contribution in [2.75, 3.05) is 0 Å². The molecule has 0 spiro atoms. The minimum atomic E-state index is -3.96. The molecular formula is C27H29N3O3S. The van der Waals surface area contributed by atoms with Crippen LogP contribution in [0.3, 0.4) is 0 Å². The standard InChI is InChI=1S/C27H29N3O3S/c1-2-3-10-22-15-17-25(18-16-22)21-30(20-24-13-8-5-9-14-24)34(31,32)27-26(28-33-29-27)19-23-11-6-4-7-12-23/h4-9,11-18H,2-3,10,19-21H2,1H3. The Bertz CT molecular complexity index is 1270. The highest BCUT2D eigenvalue weighted by Crippen LogP contribution is 2.24. The second kappa shape index (κ2) is 11.2. The van der Waals surface area contributed by atoms with Crippen molar-refractivity contribution in [1.29, 1.82) is 0 Å². The van der Waals surface area contributed by atoms with Gasteiger partial charge in [0.2, 0.25) is 5.03 Å². The number of hydrogen-bond acceptors (Lipinski definition) is 5. The van der Waals surface area contributed by atoms with Crippen LogP contribution < -0.4 is 0 Å². The van der Waals surface area contributed by atoms with E-state index < -0.39 is 10.0 Å². The molecule has 0 radical (unpaired) electrons. The Labute approximate surface area is 201 Å².